The van der Waals surface area contributed by atoms with Crippen molar-refractivity contribution in [3.63, 3.8) is 0 Å². The zero-order chi connectivity index (χ0) is 14.0. The van der Waals surface area contributed by atoms with Crippen LogP contribution in [0.3, 0.4) is 0 Å². The maximum atomic E-state index is 5.88. The lowest BCUT2D eigenvalue weighted by molar-refractivity contribution is -0.0648. The summed E-state index contributed by atoms with van der Waals surface area (Å²) in [6.45, 7) is 6.48. The molecule has 1 aromatic rings. The molecule has 1 aliphatic carbocycles. The predicted octanol–water partition coefficient (Wildman–Crippen LogP) is 4.06. The fourth-order valence-electron chi connectivity index (χ4n) is 3.24. The molecule has 0 aromatic carbocycles. The lowest BCUT2D eigenvalue weighted by Crippen LogP contribution is -2.36. The molecule has 0 amide bonds. The molecule has 4 heteroatoms. The summed E-state index contributed by atoms with van der Waals surface area (Å²) in [4.78, 5) is 8.09. The molecule has 19 heavy (non-hydrogen) atoms. The SMILES string of the molecule is CCc1c(C)[nH]c(C2(OC)CCCC(C)C2)nc1=S. The molecule has 1 fully saturated rings. The molecule has 106 valence electrons. The van der Waals surface area contributed by atoms with Gasteiger partial charge in [0.1, 0.15) is 16.1 Å². The van der Waals surface area contributed by atoms with Crippen molar-refractivity contribution >= 4 is 12.2 Å². The summed E-state index contributed by atoms with van der Waals surface area (Å²) >= 11 is 5.44. The molecule has 1 aliphatic rings. The summed E-state index contributed by atoms with van der Waals surface area (Å²) in [7, 11) is 1.79. The van der Waals surface area contributed by atoms with Gasteiger partial charge in [-0.25, -0.2) is 4.98 Å². The van der Waals surface area contributed by atoms with Crippen LogP contribution in [0.25, 0.3) is 0 Å². The van der Waals surface area contributed by atoms with Crippen LogP contribution in [0, 0.1) is 17.5 Å². The first-order chi connectivity index (χ1) is 9.02. The van der Waals surface area contributed by atoms with E-state index >= 15 is 0 Å². The number of nitrogens with one attached hydrogen (secondary N) is 1. The van der Waals surface area contributed by atoms with Crippen LogP contribution >= 0.6 is 12.2 Å². The molecule has 2 unspecified atom stereocenters. The highest BCUT2D eigenvalue weighted by molar-refractivity contribution is 7.71. The molecule has 2 rings (SSSR count). The highest BCUT2D eigenvalue weighted by Crippen LogP contribution is 2.41. The van der Waals surface area contributed by atoms with Crippen molar-refractivity contribution in [1.82, 2.24) is 9.97 Å². The number of rotatable bonds is 3. The molecule has 1 N–H and O–H groups in total. The number of aromatic amines is 1. The van der Waals surface area contributed by atoms with Gasteiger partial charge in [-0.1, -0.05) is 32.5 Å². The summed E-state index contributed by atoms with van der Waals surface area (Å²) in [5.41, 5.74) is 2.00. The van der Waals surface area contributed by atoms with E-state index in [9.17, 15) is 0 Å². The number of hydrogen-bond donors (Lipinski definition) is 1. The second-order valence-electron chi connectivity index (χ2n) is 5.75. The Morgan fingerprint density at radius 1 is 1.53 bits per heavy atom. The Morgan fingerprint density at radius 3 is 2.79 bits per heavy atom. The third-order valence-corrected chi connectivity index (χ3v) is 4.70. The maximum absolute atomic E-state index is 5.88. The number of ether oxygens (including phenoxy) is 1. The number of aryl methyl sites for hydroxylation is 1. The summed E-state index contributed by atoms with van der Waals surface area (Å²) in [6.07, 6.45) is 5.43. The predicted molar refractivity (Wildman–Crippen MR) is 79.9 cm³/mol. The normalized spacial score (nSPS) is 27.5. The molecular formula is C15H24N2OS. The first-order valence-corrected chi connectivity index (χ1v) is 7.58. The minimum absolute atomic E-state index is 0.276. The van der Waals surface area contributed by atoms with Gasteiger partial charge in [-0.2, -0.15) is 0 Å². The minimum Gasteiger partial charge on any atom is -0.370 e. The molecule has 3 nitrogen and oxygen atoms in total. The third kappa shape index (κ3) is 2.75. The lowest BCUT2D eigenvalue weighted by atomic mass is 9.78. The molecule has 2 atom stereocenters. The fraction of sp³-hybridized carbons (Fsp3) is 0.733. The second kappa shape index (κ2) is 5.71. The molecule has 0 radical (unpaired) electrons. The fourth-order valence-corrected chi connectivity index (χ4v) is 3.63. The van der Waals surface area contributed by atoms with Gasteiger partial charge in [0, 0.05) is 18.4 Å². The van der Waals surface area contributed by atoms with Crippen molar-refractivity contribution in [2.45, 2.75) is 58.5 Å². The summed E-state index contributed by atoms with van der Waals surface area (Å²) in [6, 6.07) is 0. The van der Waals surface area contributed by atoms with Gasteiger partial charge in [0.05, 0.1) is 0 Å². The lowest BCUT2D eigenvalue weighted by Gasteiger charge is -2.38. The molecule has 1 heterocycles. The first kappa shape index (κ1) is 14.7. The summed E-state index contributed by atoms with van der Waals surface area (Å²) < 4.78 is 6.60. The maximum Gasteiger partial charge on any atom is 0.140 e. The van der Waals surface area contributed by atoms with Gasteiger partial charge in [-0.3, -0.25) is 0 Å². The van der Waals surface area contributed by atoms with Crippen molar-refractivity contribution in [1.29, 1.82) is 0 Å². The van der Waals surface area contributed by atoms with Gasteiger partial charge in [0.15, 0.2) is 0 Å². The van der Waals surface area contributed by atoms with Crippen LogP contribution in [0.2, 0.25) is 0 Å². The standard InChI is InChI=1S/C15H24N2OS/c1-5-12-11(3)16-14(17-13(12)19)15(18-4)8-6-7-10(2)9-15/h10H,5-9H2,1-4H3,(H,16,17,19). The van der Waals surface area contributed by atoms with Crippen LogP contribution < -0.4 is 0 Å². The molecule has 0 aliphatic heterocycles. The van der Waals surface area contributed by atoms with E-state index in [1.165, 1.54) is 12.8 Å². The van der Waals surface area contributed by atoms with E-state index in [2.05, 4.69) is 30.7 Å². The topological polar surface area (TPSA) is 37.9 Å². The Balaban J connectivity index is 2.47. The highest BCUT2D eigenvalue weighted by atomic mass is 32.1. The van der Waals surface area contributed by atoms with Gasteiger partial charge in [-0.15, -0.1) is 0 Å². The second-order valence-corrected chi connectivity index (χ2v) is 6.13. The quantitative estimate of drug-likeness (QED) is 0.848. The van der Waals surface area contributed by atoms with Crippen LogP contribution in [-0.4, -0.2) is 17.1 Å². The Labute approximate surface area is 120 Å². The van der Waals surface area contributed by atoms with E-state index in [0.717, 1.165) is 41.0 Å². The van der Waals surface area contributed by atoms with Crippen LogP contribution in [-0.2, 0) is 16.8 Å². The monoisotopic (exact) mass is 280 g/mol. The Kier molecular flexibility index (Phi) is 4.41. The van der Waals surface area contributed by atoms with Crippen LogP contribution in [0.1, 0.15) is 56.6 Å². The zero-order valence-electron chi connectivity index (χ0n) is 12.4. The Morgan fingerprint density at radius 2 is 2.26 bits per heavy atom. The average Bonchev–Trinajstić information content (AvgIpc) is 2.38. The Bertz CT molecular complexity index is 511. The smallest absolute Gasteiger partial charge is 0.140 e. The van der Waals surface area contributed by atoms with E-state index < -0.39 is 0 Å². The molecule has 0 saturated heterocycles. The van der Waals surface area contributed by atoms with Crippen molar-refractivity contribution < 1.29 is 4.74 Å². The third-order valence-electron chi connectivity index (χ3n) is 4.36. The van der Waals surface area contributed by atoms with E-state index in [-0.39, 0.29) is 5.60 Å². The number of hydrogen-bond acceptors (Lipinski definition) is 3. The van der Waals surface area contributed by atoms with Crippen LogP contribution in [0.5, 0.6) is 0 Å². The van der Waals surface area contributed by atoms with E-state index in [1.54, 1.807) is 7.11 Å². The molecular weight excluding hydrogens is 256 g/mol. The van der Waals surface area contributed by atoms with Crippen LogP contribution in [0.15, 0.2) is 0 Å². The summed E-state index contributed by atoms with van der Waals surface area (Å²) in [5.74, 6) is 1.59. The van der Waals surface area contributed by atoms with E-state index in [0.29, 0.717) is 5.92 Å². The van der Waals surface area contributed by atoms with Crippen molar-refractivity contribution in [2.24, 2.45) is 5.92 Å². The zero-order valence-corrected chi connectivity index (χ0v) is 13.2. The van der Waals surface area contributed by atoms with Gasteiger partial charge in [0.2, 0.25) is 0 Å². The number of methoxy groups -OCH3 is 1. The average molecular weight is 280 g/mol. The molecule has 0 spiro atoms. The van der Waals surface area contributed by atoms with Gasteiger partial charge in [-0.05, 0) is 38.5 Å². The van der Waals surface area contributed by atoms with Crippen molar-refractivity contribution in [3.8, 4) is 0 Å². The molecule has 0 bridgehead atoms. The van der Waals surface area contributed by atoms with Crippen LogP contribution in [0.4, 0.5) is 0 Å². The highest BCUT2D eigenvalue weighted by Gasteiger charge is 2.39. The van der Waals surface area contributed by atoms with Crippen molar-refractivity contribution in [3.05, 3.63) is 21.7 Å². The van der Waals surface area contributed by atoms with Gasteiger partial charge >= 0.3 is 0 Å². The van der Waals surface area contributed by atoms with E-state index in [1.807, 2.05) is 0 Å². The largest absolute Gasteiger partial charge is 0.370 e. The number of H-pyrrole nitrogens is 1. The summed E-state index contributed by atoms with van der Waals surface area (Å²) in [5, 5.41) is 0. The van der Waals surface area contributed by atoms with Gasteiger partial charge < -0.3 is 9.72 Å². The Hall–Kier alpha value is -0.740. The van der Waals surface area contributed by atoms with Crippen molar-refractivity contribution in [2.75, 3.05) is 7.11 Å². The minimum atomic E-state index is -0.276. The number of aromatic nitrogens is 2. The number of nitrogens with zero attached hydrogens (tertiary/aromatic N) is 1. The van der Waals surface area contributed by atoms with Gasteiger partial charge in [0.25, 0.3) is 0 Å². The van der Waals surface area contributed by atoms with E-state index in [4.69, 9.17) is 17.0 Å². The molecule has 1 saturated carbocycles. The first-order valence-electron chi connectivity index (χ1n) is 7.18. The molecule has 1 aromatic heterocycles.